The zero-order chi connectivity index (χ0) is 15.0. The fourth-order valence-corrected chi connectivity index (χ4v) is 3.68. The third kappa shape index (κ3) is 3.29. The average Bonchev–Trinajstić information content (AvgIpc) is 3.01. The van der Waals surface area contributed by atoms with Crippen molar-refractivity contribution < 1.29 is 4.79 Å². The molecule has 2 fully saturated rings. The van der Waals surface area contributed by atoms with Crippen molar-refractivity contribution in [2.75, 3.05) is 44.4 Å². The topological polar surface area (TPSA) is 74.5 Å². The van der Waals surface area contributed by atoms with Gasteiger partial charge < -0.3 is 20.9 Å². The molecule has 3 rings (SSSR count). The van der Waals surface area contributed by atoms with E-state index in [9.17, 15) is 4.79 Å². The predicted molar refractivity (Wildman–Crippen MR) is 85.9 cm³/mol. The van der Waals surface area contributed by atoms with Crippen LogP contribution in [0.15, 0.2) is 0 Å². The molecule has 7 heteroatoms. The molecule has 116 valence electrons. The quantitative estimate of drug-likeness (QED) is 0.849. The number of aromatic nitrogens is 1. The number of nitrogen functional groups attached to an aromatic ring is 1. The van der Waals surface area contributed by atoms with E-state index in [1.54, 1.807) is 0 Å². The number of likely N-dealkylation sites (tertiary alicyclic amines) is 1. The Kier molecular flexibility index (Phi) is 4.03. The Morgan fingerprint density at radius 3 is 2.90 bits per heavy atom. The molecule has 0 radical (unpaired) electrons. The molecule has 1 aliphatic carbocycles. The summed E-state index contributed by atoms with van der Waals surface area (Å²) >= 11 is 1.32. The number of nitrogens with one attached hydrogen (secondary N) is 1. The van der Waals surface area contributed by atoms with Gasteiger partial charge in [0.2, 0.25) is 0 Å². The van der Waals surface area contributed by atoms with Gasteiger partial charge in [-0.3, -0.25) is 4.79 Å². The maximum absolute atomic E-state index is 12.3. The molecular weight excluding hydrogens is 286 g/mol. The molecule has 1 aliphatic heterocycles. The Bertz CT molecular complexity index is 527. The van der Waals surface area contributed by atoms with Crippen LogP contribution in [-0.2, 0) is 0 Å². The highest BCUT2D eigenvalue weighted by Gasteiger charge is 2.29. The van der Waals surface area contributed by atoms with Gasteiger partial charge in [-0.25, -0.2) is 0 Å². The van der Waals surface area contributed by atoms with E-state index in [2.05, 4.69) is 26.5 Å². The highest BCUT2D eigenvalue weighted by Crippen LogP contribution is 2.32. The summed E-state index contributed by atoms with van der Waals surface area (Å²) in [5, 5.41) is 3.89. The molecule has 3 N–H and O–H groups in total. The van der Waals surface area contributed by atoms with Gasteiger partial charge in [-0.15, -0.1) is 0 Å². The summed E-state index contributed by atoms with van der Waals surface area (Å²) in [4.78, 5) is 16.8. The number of anilines is 2. The van der Waals surface area contributed by atoms with Gasteiger partial charge in [0.25, 0.3) is 5.91 Å². The van der Waals surface area contributed by atoms with E-state index in [1.807, 2.05) is 7.05 Å². The number of hydrogen-bond acceptors (Lipinski definition) is 6. The molecular formula is C14H23N5OS. The molecule has 0 aromatic carbocycles. The van der Waals surface area contributed by atoms with Crippen LogP contribution in [0.2, 0.25) is 0 Å². The lowest BCUT2D eigenvalue weighted by atomic mass is 10.1. The molecule has 1 unspecified atom stereocenters. The van der Waals surface area contributed by atoms with Crippen LogP contribution < -0.4 is 16.0 Å². The lowest BCUT2D eigenvalue weighted by Crippen LogP contribution is -2.30. The first-order valence-electron chi connectivity index (χ1n) is 7.50. The smallest absolute Gasteiger partial charge is 0.258 e. The Morgan fingerprint density at radius 2 is 2.29 bits per heavy atom. The first-order chi connectivity index (χ1) is 10.0. The number of hydrogen-bond donors (Lipinski definition) is 2. The minimum Gasteiger partial charge on any atom is -0.382 e. The van der Waals surface area contributed by atoms with Crippen molar-refractivity contribution in [2.45, 2.75) is 25.3 Å². The maximum atomic E-state index is 12.3. The fraction of sp³-hybridized carbons (Fsp3) is 0.714. The first kappa shape index (κ1) is 14.6. The van der Waals surface area contributed by atoms with Gasteiger partial charge in [0, 0.05) is 26.2 Å². The van der Waals surface area contributed by atoms with E-state index in [4.69, 9.17) is 5.73 Å². The van der Waals surface area contributed by atoms with Gasteiger partial charge in [0.15, 0.2) is 5.82 Å². The molecule has 1 amide bonds. The largest absolute Gasteiger partial charge is 0.382 e. The van der Waals surface area contributed by atoms with Gasteiger partial charge in [-0.05, 0) is 50.3 Å². The second-order valence-corrected chi connectivity index (χ2v) is 7.05. The summed E-state index contributed by atoms with van der Waals surface area (Å²) in [7, 11) is 4.18. The SMILES string of the molecule is CN1CCC(CN(C)c2snc(N)c2C(=O)NC2CC2)C1. The van der Waals surface area contributed by atoms with Crippen LogP contribution in [0.5, 0.6) is 0 Å². The second kappa shape index (κ2) is 5.81. The predicted octanol–water partition coefficient (Wildman–Crippen LogP) is 1.01. The van der Waals surface area contributed by atoms with E-state index in [1.165, 1.54) is 18.0 Å². The zero-order valence-corrected chi connectivity index (χ0v) is 13.4. The number of rotatable bonds is 5. The second-order valence-electron chi connectivity index (χ2n) is 6.29. The van der Waals surface area contributed by atoms with Gasteiger partial charge in [0.05, 0.1) is 0 Å². The Labute approximate surface area is 129 Å². The summed E-state index contributed by atoms with van der Waals surface area (Å²) in [6, 6.07) is 0.332. The maximum Gasteiger partial charge on any atom is 0.258 e. The molecule has 1 atom stereocenters. The molecule has 2 aliphatic rings. The van der Waals surface area contributed by atoms with Gasteiger partial charge in [0.1, 0.15) is 10.6 Å². The summed E-state index contributed by atoms with van der Waals surface area (Å²) < 4.78 is 4.18. The summed E-state index contributed by atoms with van der Waals surface area (Å²) in [6.07, 6.45) is 3.35. The van der Waals surface area contributed by atoms with Crippen LogP contribution in [-0.4, -0.2) is 55.0 Å². The zero-order valence-electron chi connectivity index (χ0n) is 12.6. The molecule has 1 aromatic heterocycles. The molecule has 1 aromatic rings. The summed E-state index contributed by atoms with van der Waals surface area (Å²) in [5.74, 6) is 0.917. The number of amides is 1. The average molecular weight is 309 g/mol. The molecule has 6 nitrogen and oxygen atoms in total. The van der Waals surface area contributed by atoms with Crippen LogP contribution in [0.25, 0.3) is 0 Å². The fourth-order valence-electron chi connectivity index (χ4n) is 2.90. The molecule has 1 saturated heterocycles. The van der Waals surface area contributed by atoms with E-state index in [-0.39, 0.29) is 5.91 Å². The monoisotopic (exact) mass is 309 g/mol. The molecule has 21 heavy (non-hydrogen) atoms. The van der Waals surface area contributed by atoms with Crippen LogP contribution in [0.3, 0.4) is 0 Å². The Morgan fingerprint density at radius 1 is 1.52 bits per heavy atom. The van der Waals surface area contributed by atoms with Gasteiger partial charge in [-0.1, -0.05) is 0 Å². The van der Waals surface area contributed by atoms with Crippen molar-refractivity contribution in [3.8, 4) is 0 Å². The van der Waals surface area contributed by atoms with Crippen molar-refractivity contribution >= 4 is 28.3 Å². The van der Waals surface area contributed by atoms with Crippen LogP contribution in [0.4, 0.5) is 10.8 Å². The standard InChI is InChI=1S/C14H23N5OS/c1-18-6-5-9(7-18)8-19(2)14-11(12(15)17-21-14)13(20)16-10-3-4-10/h9-10H,3-8H2,1-2H3,(H2,15,17)(H,16,20). The van der Waals surface area contributed by atoms with Crippen molar-refractivity contribution in [1.82, 2.24) is 14.6 Å². The van der Waals surface area contributed by atoms with Crippen LogP contribution >= 0.6 is 11.5 Å². The Balaban J connectivity index is 1.70. The van der Waals surface area contributed by atoms with Crippen molar-refractivity contribution in [3.05, 3.63) is 5.56 Å². The highest BCUT2D eigenvalue weighted by atomic mass is 32.1. The van der Waals surface area contributed by atoms with Crippen molar-refractivity contribution in [3.63, 3.8) is 0 Å². The third-order valence-electron chi connectivity index (χ3n) is 4.21. The van der Waals surface area contributed by atoms with Crippen molar-refractivity contribution in [2.24, 2.45) is 5.92 Å². The third-order valence-corrected chi connectivity index (χ3v) is 5.18. The highest BCUT2D eigenvalue weighted by molar-refractivity contribution is 7.11. The Hall–Kier alpha value is -1.34. The number of carbonyl (C=O) groups excluding carboxylic acids is 1. The minimum atomic E-state index is -0.0749. The van der Waals surface area contributed by atoms with Gasteiger partial charge >= 0.3 is 0 Å². The molecule has 0 bridgehead atoms. The van der Waals surface area contributed by atoms with E-state index in [0.717, 1.165) is 37.5 Å². The normalized spacial score (nSPS) is 22.5. The van der Waals surface area contributed by atoms with E-state index in [0.29, 0.717) is 23.3 Å². The van der Waals surface area contributed by atoms with E-state index >= 15 is 0 Å². The summed E-state index contributed by atoms with van der Waals surface area (Å²) in [5.41, 5.74) is 6.47. The molecule has 0 spiro atoms. The lowest BCUT2D eigenvalue weighted by Gasteiger charge is -2.22. The van der Waals surface area contributed by atoms with Crippen LogP contribution in [0, 0.1) is 5.92 Å². The number of nitrogens with zero attached hydrogens (tertiary/aromatic N) is 3. The minimum absolute atomic E-state index is 0.0749. The first-order valence-corrected chi connectivity index (χ1v) is 8.27. The lowest BCUT2D eigenvalue weighted by molar-refractivity contribution is 0.0952. The van der Waals surface area contributed by atoms with E-state index < -0.39 is 0 Å². The summed E-state index contributed by atoms with van der Waals surface area (Å²) in [6.45, 7) is 3.20. The molecule has 1 saturated carbocycles. The van der Waals surface area contributed by atoms with Crippen LogP contribution in [0.1, 0.15) is 29.6 Å². The molecule has 2 heterocycles. The van der Waals surface area contributed by atoms with Gasteiger partial charge in [-0.2, -0.15) is 4.37 Å². The number of carbonyl (C=O) groups is 1. The van der Waals surface area contributed by atoms with Crippen molar-refractivity contribution in [1.29, 1.82) is 0 Å². The number of nitrogens with two attached hydrogens (primary N) is 1.